The van der Waals surface area contributed by atoms with Gasteiger partial charge in [0.25, 0.3) is 0 Å². The first kappa shape index (κ1) is 18.6. The van der Waals surface area contributed by atoms with Gasteiger partial charge >= 0.3 is 0 Å². The van der Waals surface area contributed by atoms with E-state index in [9.17, 15) is 4.79 Å². The zero-order valence-corrected chi connectivity index (χ0v) is 14.9. The number of alkyl halides is 2. The molecular formula is C16H22Cl3NO. The molecule has 1 rings (SSSR count). The SMILES string of the molecule is CC[C@@](CCl)(C(=O)N[C@H](C)c1ccc(Cl)cc1)[C@@H](C)CCl. The van der Waals surface area contributed by atoms with E-state index in [1.54, 1.807) is 0 Å². The highest BCUT2D eigenvalue weighted by atomic mass is 35.5. The summed E-state index contributed by atoms with van der Waals surface area (Å²) >= 11 is 17.9. The molecule has 0 spiro atoms. The van der Waals surface area contributed by atoms with Crippen molar-refractivity contribution in [3.05, 3.63) is 34.9 Å². The topological polar surface area (TPSA) is 29.1 Å². The Morgan fingerprint density at radius 3 is 2.24 bits per heavy atom. The summed E-state index contributed by atoms with van der Waals surface area (Å²) in [5.41, 5.74) is 0.370. The zero-order valence-electron chi connectivity index (χ0n) is 12.6. The normalized spacial score (nSPS) is 16.9. The summed E-state index contributed by atoms with van der Waals surface area (Å²) in [6.45, 7) is 5.88. The molecule has 1 amide bonds. The molecule has 0 heterocycles. The van der Waals surface area contributed by atoms with Crippen molar-refractivity contribution in [2.45, 2.75) is 33.2 Å². The van der Waals surface area contributed by atoms with Gasteiger partial charge in [-0.1, -0.05) is 37.6 Å². The molecule has 0 bridgehead atoms. The molecule has 2 nitrogen and oxygen atoms in total. The van der Waals surface area contributed by atoms with Crippen LogP contribution in [0, 0.1) is 11.3 Å². The zero-order chi connectivity index (χ0) is 16.0. The minimum atomic E-state index is -0.635. The quantitative estimate of drug-likeness (QED) is 0.687. The van der Waals surface area contributed by atoms with Crippen LogP contribution in [0.3, 0.4) is 0 Å². The third-order valence-electron chi connectivity index (χ3n) is 4.21. The second-order valence-corrected chi connectivity index (χ2v) is 6.46. The number of hydrogen-bond donors (Lipinski definition) is 1. The van der Waals surface area contributed by atoms with Crippen LogP contribution in [-0.2, 0) is 4.79 Å². The van der Waals surface area contributed by atoms with Gasteiger partial charge in [-0.15, -0.1) is 23.2 Å². The molecule has 0 unspecified atom stereocenters. The second kappa shape index (κ2) is 8.26. The van der Waals surface area contributed by atoms with Gasteiger partial charge in [0.05, 0.1) is 11.5 Å². The van der Waals surface area contributed by atoms with Crippen LogP contribution in [-0.4, -0.2) is 17.7 Å². The van der Waals surface area contributed by atoms with E-state index in [4.69, 9.17) is 34.8 Å². The maximum atomic E-state index is 12.7. The Bertz CT molecular complexity index is 457. The Balaban J connectivity index is 2.88. The minimum absolute atomic E-state index is 0.0130. The molecule has 21 heavy (non-hydrogen) atoms. The van der Waals surface area contributed by atoms with Crippen molar-refractivity contribution in [2.75, 3.05) is 11.8 Å². The van der Waals surface area contributed by atoms with Crippen molar-refractivity contribution in [1.82, 2.24) is 5.32 Å². The molecule has 118 valence electrons. The number of halogens is 3. The first-order chi connectivity index (χ1) is 9.91. The molecule has 0 radical (unpaired) electrons. The highest BCUT2D eigenvalue weighted by Crippen LogP contribution is 2.35. The summed E-state index contributed by atoms with van der Waals surface area (Å²) < 4.78 is 0. The molecule has 1 aromatic carbocycles. The Hall–Kier alpha value is -0.440. The van der Waals surface area contributed by atoms with E-state index in [-0.39, 0.29) is 23.7 Å². The molecule has 0 fully saturated rings. The first-order valence-electron chi connectivity index (χ1n) is 7.09. The fourth-order valence-corrected chi connectivity index (χ4v) is 3.34. The van der Waals surface area contributed by atoms with Crippen LogP contribution in [0.25, 0.3) is 0 Å². The van der Waals surface area contributed by atoms with Crippen LogP contribution in [0.4, 0.5) is 0 Å². The fraction of sp³-hybridized carbons (Fsp3) is 0.562. The molecule has 1 aromatic rings. The van der Waals surface area contributed by atoms with Crippen LogP contribution in [0.15, 0.2) is 24.3 Å². The van der Waals surface area contributed by atoms with Gasteiger partial charge in [0.15, 0.2) is 0 Å². The van der Waals surface area contributed by atoms with E-state index in [0.29, 0.717) is 17.3 Å². The van der Waals surface area contributed by atoms with Crippen LogP contribution in [0.1, 0.15) is 38.8 Å². The lowest BCUT2D eigenvalue weighted by atomic mass is 9.75. The lowest BCUT2D eigenvalue weighted by Crippen LogP contribution is -2.47. The average molecular weight is 351 g/mol. The van der Waals surface area contributed by atoms with E-state index in [2.05, 4.69) is 5.32 Å². The van der Waals surface area contributed by atoms with Gasteiger partial charge in [-0.25, -0.2) is 0 Å². The van der Waals surface area contributed by atoms with Crippen LogP contribution in [0.5, 0.6) is 0 Å². The number of hydrogen-bond acceptors (Lipinski definition) is 1. The average Bonchev–Trinajstić information content (AvgIpc) is 2.49. The van der Waals surface area contributed by atoms with Gasteiger partial charge in [0, 0.05) is 16.8 Å². The summed E-state index contributed by atoms with van der Waals surface area (Å²) in [7, 11) is 0. The van der Waals surface area contributed by atoms with Gasteiger partial charge in [0.2, 0.25) is 5.91 Å². The maximum absolute atomic E-state index is 12.7. The van der Waals surface area contributed by atoms with Crippen molar-refractivity contribution < 1.29 is 4.79 Å². The summed E-state index contributed by atoms with van der Waals surface area (Å²) in [6, 6.07) is 7.34. The molecule has 3 atom stereocenters. The highest BCUT2D eigenvalue weighted by molar-refractivity contribution is 6.30. The third-order valence-corrected chi connectivity index (χ3v) is 5.41. The van der Waals surface area contributed by atoms with Gasteiger partial charge < -0.3 is 5.32 Å². The first-order valence-corrected chi connectivity index (χ1v) is 8.54. The van der Waals surface area contributed by atoms with Crippen molar-refractivity contribution >= 4 is 40.7 Å². The number of rotatable bonds is 7. The summed E-state index contributed by atoms with van der Waals surface area (Å²) in [6.07, 6.45) is 0.656. The number of nitrogens with one attached hydrogen (secondary N) is 1. The predicted molar refractivity (Wildman–Crippen MR) is 91.3 cm³/mol. The third kappa shape index (κ3) is 4.28. The summed E-state index contributed by atoms with van der Waals surface area (Å²) in [5, 5.41) is 3.73. The number of benzene rings is 1. The van der Waals surface area contributed by atoms with Crippen LogP contribution < -0.4 is 5.32 Å². The molecule has 0 saturated heterocycles. The van der Waals surface area contributed by atoms with Gasteiger partial charge in [-0.2, -0.15) is 0 Å². The van der Waals surface area contributed by atoms with Gasteiger partial charge in [-0.05, 0) is 37.0 Å². The Labute approximate surface area is 142 Å². The monoisotopic (exact) mass is 349 g/mol. The minimum Gasteiger partial charge on any atom is -0.349 e. The van der Waals surface area contributed by atoms with Gasteiger partial charge in [0.1, 0.15) is 0 Å². The van der Waals surface area contributed by atoms with Crippen LogP contribution >= 0.6 is 34.8 Å². The fourth-order valence-electron chi connectivity index (χ4n) is 2.34. The number of carbonyl (C=O) groups is 1. The summed E-state index contributed by atoms with van der Waals surface area (Å²) in [5.74, 6) is 0.634. The standard InChI is InChI=1S/C16H22Cl3NO/c1-4-16(10-18,11(2)9-17)15(21)20-12(3)13-5-7-14(19)8-6-13/h5-8,11-12H,4,9-10H2,1-3H3,(H,20,21)/t11-,12+,16-/m0/s1. The lowest BCUT2D eigenvalue weighted by Gasteiger charge is -2.35. The Morgan fingerprint density at radius 2 is 1.81 bits per heavy atom. The Kier molecular flexibility index (Phi) is 7.32. The second-order valence-electron chi connectivity index (χ2n) is 5.45. The molecule has 0 aliphatic rings. The number of amides is 1. The molecule has 0 aromatic heterocycles. The van der Waals surface area contributed by atoms with Crippen molar-refractivity contribution in [2.24, 2.45) is 11.3 Å². The maximum Gasteiger partial charge on any atom is 0.228 e. The predicted octanol–water partition coefficient (Wildman–Crippen LogP) is 5.03. The largest absolute Gasteiger partial charge is 0.349 e. The molecular weight excluding hydrogens is 329 g/mol. The number of carbonyl (C=O) groups excluding carboxylic acids is 1. The molecule has 5 heteroatoms. The van der Waals surface area contributed by atoms with E-state index in [1.165, 1.54) is 0 Å². The van der Waals surface area contributed by atoms with E-state index in [1.807, 2.05) is 45.0 Å². The molecule has 0 aliphatic carbocycles. The van der Waals surface area contributed by atoms with Crippen molar-refractivity contribution in [3.63, 3.8) is 0 Å². The lowest BCUT2D eigenvalue weighted by molar-refractivity contribution is -0.133. The smallest absolute Gasteiger partial charge is 0.228 e. The molecule has 0 saturated carbocycles. The van der Waals surface area contributed by atoms with E-state index >= 15 is 0 Å². The molecule has 0 aliphatic heterocycles. The van der Waals surface area contributed by atoms with E-state index < -0.39 is 5.41 Å². The van der Waals surface area contributed by atoms with Crippen molar-refractivity contribution in [3.8, 4) is 0 Å². The summed E-state index contributed by atoms with van der Waals surface area (Å²) in [4.78, 5) is 12.7. The highest BCUT2D eigenvalue weighted by Gasteiger charge is 2.41. The molecule has 1 N–H and O–H groups in total. The Morgan fingerprint density at radius 1 is 1.24 bits per heavy atom. The van der Waals surface area contributed by atoms with Crippen LogP contribution in [0.2, 0.25) is 5.02 Å². The van der Waals surface area contributed by atoms with Gasteiger partial charge in [-0.3, -0.25) is 4.79 Å². The van der Waals surface area contributed by atoms with E-state index in [0.717, 1.165) is 5.56 Å². The van der Waals surface area contributed by atoms with Crippen molar-refractivity contribution in [1.29, 1.82) is 0 Å².